The van der Waals surface area contributed by atoms with E-state index in [0.29, 0.717) is 50.3 Å². The van der Waals surface area contributed by atoms with Crippen LogP contribution in [0.15, 0.2) is 36.9 Å². The Morgan fingerprint density at radius 1 is 1.22 bits per heavy atom. The van der Waals surface area contributed by atoms with E-state index in [1.54, 1.807) is 9.47 Å². The zero-order valence-electron chi connectivity index (χ0n) is 19.7. The molecule has 3 heterocycles. The number of amides is 3. The minimum absolute atomic E-state index is 0.159. The van der Waals surface area contributed by atoms with Crippen LogP contribution >= 0.6 is 0 Å². The van der Waals surface area contributed by atoms with Gasteiger partial charge in [0.2, 0.25) is 11.9 Å². The average Bonchev–Trinajstić information content (AvgIpc) is 3.24. The summed E-state index contributed by atoms with van der Waals surface area (Å²) < 4.78 is 46.1. The lowest BCUT2D eigenvalue weighted by Crippen LogP contribution is -2.42. The molecule has 192 valence electrons. The second kappa shape index (κ2) is 10.0. The molecule has 0 saturated carbocycles. The topological polar surface area (TPSA) is 96.8 Å². The van der Waals surface area contributed by atoms with Crippen molar-refractivity contribution in [1.29, 1.82) is 0 Å². The first kappa shape index (κ1) is 25.3. The summed E-state index contributed by atoms with van der Waals surface area (Å²) in [6.45, 7) is 4.97. The third kappa shape index (κ3) is 5.07. The van der Waals surface area contributed by atoms with Crippen LogP contribution < -0.4 is 5.32 Å². The molecule has 1 fully saturated rings. The highest BCUT2D eigenvalue weighted by Crippen LogP contribution is 2.33. The van der Waals surface area contributed by atoms with E-state index >= 15 is 0 Å². The summed E-state index contributed by atoms with van der Waals surface area (Å²) in [6.07, 6.45) is -2.08. The molecule has 1 aromatic heterocycles. The Morgan fingerprint density at radius 2 is 2.00 bits per heavy atom. The number of aromatic nitrogens is 2. The van der Waals surface area contributed by atoms with Crippen LogP contribution in [-0.2, 0) is 28.7 Å². The minimum Gasteiger partial charge on any atom is -0.453 e. The van der Waals surface area contributed by atoms with Gasteiger partial charge in [-0.15, -0.1) is 0 Å². The number of nitrogens with zero attached hydrogens (tertiary/aromatic N) is 4. The van der Waals surface area contributed by atoms with Gasteiger partial charge in [-0.1, -0.05) is 12.6 Å². The monoisotopic (exact) mass is 505 g/mol. The SMILES string of the molecule is C=CC(=O)N1CCCC(n2c(NC(=O)c3cccc(C(F)(F)F)c3)nc3c2CN(C(=O)OC)CC3)C1. The Balaban J connectivity index is 1.69. The lowest BCUT2D eigenvalue weighted by molar-refractivity contribution is -0.137. The lowest BCUT2D eigenvalue weighted by atomic mass is 10.0. The zero-order valence-corrected chi connectivity index (χ0v) is 19.7. The largest absolute Gasteiger partial charge is 0.453 e. The van der Waals surface area contributed by atoms with Crippen LogP contribution in [0, 0.1) is 0 Å². The number of hydrogen-bond acceptors (Lipinski definition) is 5. The van der Waals surface area contributed by atoms with Gasteiger partial charge in [0.15, 0.2) is 0 Å². The molecule has 2 aliphatic rings. The first-order valence-electron chi connectivity index (χ1n) is 11.4. The first-order chi connectivity index (χ1) is 17.1. The van der Waals surface area contributed by atoms with Crippen LogP contribution in [0.5, 0.6) is 0 Å². The number of carbonyl (C=O) groups is 3. The minimum atomic E-state index is -4.59. The van der Waals surface area contributed by atoms with Gasteiger partial charge in [0.1, 0.15) is 0 Å². The maximum atomic E-state index is 13.2. The number of piperidine rings is 1. The van der Waals surface area contributed by atoms with Crippen molar-refractivity contribution in [2.24, 2.45) is 0 Å². The first-order valence-corrected chi connectivity index (χ1v) is 11.4. The molecule has 1 saturated heterocycles. The number of anilines is 1. The lowest BCUT2D eigenvalue weighted by Gasteiger charge is -2.35. The van der Waals surface area contributed by atoms with Crippen molar-refractivity contribution in [1.82, 2.24) is 19.4 Å². The van der Waals surface area contributed by atoms with Gasteiger partial charge in [0.05, 0.1) is 36.6 Å². The summed E-state index contributed by atoms with van der Waals surface area (Å²) in [5, 5.41) is 2.66. The highest BCUT2D eigenvalue weighted by molar-refractivity contribution is 6.03. The predicted molar refractivity (Wildman–Crippen MR) is 123 cm³/mol. The summed E-state index contributed by atoms with van der Waals surface area (Å²) in [5.74, 6) is -0.809. The molecule has 0 spiro atoms. The Kier molecular flexibility index (Phi) is 7.04. The molecule has 4 rings (SSSR count). The number of halogens is 3. The number of hydrogen-bond donors (Lipinski definition) is 1. The van der Waals surface area contributed by atoms with Gasteiger partial charge < -0.3 is 19.1 Å². The molecule has 1 N–H and O–H groups in total. The predicted octanol–water partition coefficient (Wildman–Crippen LogP) is 3.63. The standard InChI is InChI=1S/C24H26F3N5O4/c1-3-20(33)30-10-5-8-17(13-30)32-19-14-31(23(35)36-2)11-9-18(19)28-22(32)29-21(34)15-6-4-7-16(12-15)24(25,26)27/h3-4,6-7,12,17H,1,5,8-11,13-14H2,2H3,(H,28,29,34). The number of methoxy groups -OCH3 is 1. The van der Waals surface area contributed by atoms with E-state index in [-0.39, 0.29) is 30.0 Å². The summed E-state index contributed by atoms with van der Waals surface area (Å²) in [5.41, 5.74) is 0.253. The normalized spacial score (nSPS) is 17.8. The molecular weight excluding hydrogens is 479 g/mol. The van der Waals surface area contributed by atoms with Crippen LogP contribution in [0.3, 0.4) is 0 Å². The molecule has 2 aromatic rings. The number of carbonyl (C=O) groups excluding carboxylic acids is 3. The second-order valence-electron chi connectivity index (χ2n) is 8.66. The van der Waals surface area contributed by atoms with Gasteiger partial charge in [-0.05, 0) is 37.1 Å². The molecule has 0 aliphatic carbocycles. The molecule has 0 radical (unpaired) electrons. The molecule has 1 atom stereocenters. The molecule has 1 aromatic carbocycles. The van der Waals surface area contributed by atoms with Gasteiger partial charge >= 0.3 is 12.3 Å². The van der Waals surface area contributed by atoms with Crippen LogP contribution in [0.2, 0.25) is 0 Å². The number of nitrogens with one attached hydrogen (secondary N) is 1. The van der Waals surface area contributed by atoms with Crippen molar-refractivity contribution in [2.45, 2.75) is 38.0 Å². The van der Waals surface area contributed by atoms with Crippen molar-refractivity contribution in [3.63, 3.8) is 0 Å². The molecule has 1 unspecified atom stereocenters. The van der Waals surface area contributed by atoms with Crippen LogP contribution in [0.25, 0.3) is 0 Å². The highest BCUT2D eigenvalue weighted by atomic mass is 19.4. The average molecular weight is 505 g/mol. The van der Waals surface area contributed by atoms with Gasteiger partial charge in [-0.2, -0.15) is 13.2 Å². The van der Waals surface area contributed by atoms with E-state index in [2.05, 4.69) is 16.9 Å². The fourth-order valence-corrected chi connectivity index (χ4v) is 4.65. The van der Waals surface area contributed by atoms with E-state index < -0.39 is 23.7 Å². The smallest absolute Gasteiger partial charge is 0.416 e. The third-order valence-corrected chi connectivity index (χ3v) is 6.41. The van der Waals surface area contributed by atoms with Crippen molar-refractivity contribution in [3.05, 3.63) is 59.4 Å². The number of imidazole rings is 1. The summed E-state index contributed by atoms with van der Waals surface area (Å²) in [7, 11) is 1.29. The van der Waals surface area contributed by atoms with E-state index in [1.807, 2.05) is 0 Å². The van der Waals surface area contributed by atoms with E-state index in [1.165, 1.54) is 30.2 Å². The Hall–Kier alpha value is -3.83. The zero-order chi connectivity index (χ0) is 26.0. The number of rotatable bonds is 4. The van der Waals surface area contributed by atoms with Crippen molar-refractivity contribution in [2.75, 3.05) is 32.1 Å². The maximum Gasteiger partial charge on any atom is 0.416 e. The molecule has 36 heavy (non-hydrogen) atoms. The molecule has 3 amide bonds. The molecular formula is C24H26F3N5O4. The van der Waals surface area contributed by atoms with E-state index in [9.17, 15) is 27.6 Å². The van der Waals surface area contributed by atoms with Crippen LogP contribution in [0.1, 0.15) is 46.2 Å². The fraction of sp³-hybridized carbons (Fsp3) is 0.417. The Morgan fingerprint density at radius 3 is 2.69 bits per heavy atom. The number of likely N-dealkylation sites (tertiary alicyclic amines) is 1. The number of alkyl halides is 3. The van der Waals surface area contributed by atoms with Crippen molar-refractivity contribution >= 4 is 23.9 Å². The van der Waals surface area contributed by atoms with Crippen LogP contribution in [0.4, 0.5) is 23.9 Å². The number of ether oxygens (including phenoxy) is 1. The van der Waals surface area contributed by atoms with E-state index in [0.717, 1.165) is 12.1 Å². The Bertz CT molecular complexity index is 1190. The molecule has 12 heteroatoms. The number of benzene rings is 1. The molecule has 2 aliphatic heterocycles. The Labute approximate surface area is 205 Å². The van der Waals surface area contributed by atoms with Gasteiger partial charge in [0.25, 0.3) is 5.91 Å². The second-order valence-corrected chi connectivity index (χ2v) is 8.66. The van der Waals surface area contributed by atoms with Gasteiger partial charge in [-0.25, -0.2) is 9.78 Å². The highest BCUT2D eigenvalue weighted by Gasteiger charge is 2.34. The van der Waals surface area contributed by atoms with Crippen molar-refractivity contribution < 1.29 is 32.3 Å². The summed E-state index contributed by atoms with van der Waals surface area (Å²) in [6, 6.07) is 3.87. The molecule has 9 nitrogen and oxygen atoms in total. The third-order valence-electron chi connectivity index (χ3n) is 6.41. The summed E-state index contributed by atoms with van der Waals surface area (Å²) in [4.78, 5) is 45.2. The maximum absolute atomic E-state index is 13.2. The van der Waals surface area contributed by atoms with Gasteiger partial charge in [-0.3, -0.25) is 14.9 Å². The van der Waals surface area contributed by atoms with Gasteiger partial charge in [0, 0.05) is 31.6 Å². The number of fused-ring (bicyclic) bond motifs is 1. The fourth-order valence-electron chi connectivity index (χ4n) is 4.65. The molecule has 0 bridgehead atoms. The van der Waals surface area contributed by atoms with Crippen LogP contribution in [-0.4, -0.2) is 64.0 Å². The van der Waals surface area contributed by atoms with Crippen molar-refractivity contribution in [3.8, 4) is 0 Å². The summed E-state index contributed by atoms with van der Waals surface area (Å²) >= 11 is 0. The van der Waals surface area contributed by atoms with E-state index in [4.69, 9.17) is 4.74 Å². The quantitative estimate of drug-likeness (QED) is 0.641.